The highest BCUT2D eigenvalue weighted by Gasteiger charge is 2.25. The van der Waals surface area contributed by atoms with E-state index >= 15 is 0 Å². The van der Waals surface area contributed by atoms with E-state index < -0.39 is 5.82 Å². The molecule has 0 unspecified atom stereocenters. The molecule has 0 saturated heterocycles. The molecule has 1 aliphatic rings. The molecule has 0 saturated carbocycles. The van der Waals surface area contributed by atoms with Crippen molar-refractivity contribution >= 4 is 5.71 Å². The van der Waals surface area contributed by atoms with Gasteiger partial charge in [-0.2, -0.15) is 0 Å². The van der Waals surface area contributed by atoms with Crippen LogP contribution in [-0.2, 0) is 4.84 Å². The van der Waals surface area contributed by atoms with E-state index in [2.05, 4.69) is 17.3 Å². The van der Waals surface area contributed by atoms with E-state index in [9.17, 15) is 4.39 Å². The van der Waals surface area contributed by atoms with E-state index in [-0.39, 0.29) is 11.9 Å². The zero-order valence-corrected chi connectivity index (χ0v) is 14.4. The third kappa shape index (κ3) is 3.45. The second kappa shape index (κ2) is 7.00. The minimum Gasteiger partial charge on any atom is -0.454 e. The van der Waals surface area contributed by atoms with E-state index in [1.54, 1.807) is 24.3 Å². The molecule has 1 heterocycles. The molecule has 4 rings (SSSR count). The predicted octanol–water partition coefficient (Wildman–Crippen LogP) is 5.79. The summed E-state index contributed by atoms with van der Waals surface area (Å²) >= 11 is 0. The first-order valence-electron chi connectivity index (χ1n) is 8.51. The van der Waals surface area contributed by atoms with Crippen LogP contribution in [0.5, 0.6) is 11.5 Å². The SMILES string of the molecule is Cc1ccc(C2=NO[C@H](c3ccc(F)c(Oc4ccccc4)c3)C2)cc1. The molecular formula is C22H18FNO2. The van der Waals surface area contributed by atoms with E-state index in [4.69, 9.17) is 9.57 Å². The number of benzene rings is 3. The van der Waals surface area contributed by atoms with Crippen LogP contribution < -0.4 is 4.74 Å². The Morgan fingerprint density at radius 3 is 2.54 bits per heavy atom. The first kappa shape index (κ1) is 16.3. The van der Waals surface area contributed by atoms with Crippen molar-refractivity contribution in [2.75, 3.05) is 0 Å². The molecular weight excluding hydrogens is 329 g/mol. The molecule has 26 heavy (non-hydrogen) atoms. The molecule has 4 heteroatoms. The van der Waals surface area contributed by atoms with Crippen LogP contribution in [0.15, 0.2) is 78.0 Å². The number of hydrogen-bond acceptors (Lipinski definition) is 3. The lowest BCUT2D eigenvalue weighted by molar-refractivity contribution is 0.0855. The van der Waals surface area contributed by atoms with Gasteiger partial charge in [0.2, 0.25) is 0 Å². The number of nitrogens with zero attached hydrogens (tertiary/aromatic N) is 1. The van der Waals surface area contributed by atoms with Gasteiger partial charge in [0.15, 0.2) is 17.7 Å². The highest BCUT2D eigenvalue weighted by atomic mass is 19.1. The fourth-order valence-electron chi connectivity index (χ4n) is 2.89. The zero-order chi connectivity index (χ0) is 17.9. The lowest BCUT2D eigenvalue weighted by Gasteiger charge is -2.12. The second-order valence-corrected chi connectivity index (χ2v) is 6.31. The maximum absolute atomic E-state index is 14.1. The largest absolute Gasteiger partial charge is 0.454 e. The molecule has 0 amide bonds. The van der Waals surface area contributed by atoms with Crippen LogP contribution in [0, 0.1) is 12.7 Å². The molecule has 3 nitrogen and oxygen atoms in total. The molecule has 0 aliphatic carbocycles. The molecule has 0 radical (unpaired) electrons. The maximum atomic E-state index is 14.1. The summed E-state index contributed by atoms with van der Waals surface area (Å²) in [4.78, 5) is 5.59. The minimum atomic E-state index is -0.407. The van der Waals surface area contributed by atoms with Crippen LogP contribution >= 0.6 is 0 Å². The van der Waals surface area contributed by atoms with Gasteiger partial charge < -0.3 is 9.57 Å². The minimum absolute atomic E-state index is 0.182. The number of ether oxygens (including phenoxy) is 1. The lowest BCUT2D eigenvalue weighted by atomic mass is 9.99. The number of hydrogen-bond donors (Lipinski definition) is 0. The normalized spacial score (nSPS) is 16.1. The molecule has 1 atom stereocenters. The summed E-state index contributed by atoms with van der Waals surface area (Å²) in [7, 11) is 0. The Hall–Kier alpha value is -3.14. The quantitative estimate of drug-likeness (QED) is 0.598. The number of oxime groups is 1. The number of halogens is 1. The average molecular weight is 347 g/mol. The first-order chi connectivity index (χ1) is 12.7. The van der Waals surface area contributed by atoms with Gasteiger partial charge in [-0.1, -0.05) is 59.3 Å². The lowest BCUT2D eigenvalue weighted by Crippen LogP contribution is -2.02. The van der Waals surface area contributed by atoms with Crippen molar-refractivity contribution in [3.63, 3.8) is 0 Å². The Bertz CT molecular complexity index is 936. The zero-order valence-electron chi connectivity index (χ0n) is 14.4. The second-order valence-electron chi connectivity index (χ2n) is 6.31. The van der Waals surface area contributed by atoms with Crippen molar-refractivity contribution in [2.45, 2.75) is 19.4 Å². The van der Waals surface area contributed by atoms with Crippen molar-refractivity contribution in [3.8, 4) is 11.5 Å². The molecule has 0 spiro atoms. The molecule has 0 bridgehead atoms. The fraction of sp³-hybridized carbons (Fsp3) is 0.136. The van der Waals surface area contributed by atoms with Gasteiger partial charge in [0.05, 0.1) is 5.71 Å². The van der Waals surface area contributed by atoms with Crippen LogP contribution in [-0.4, -0.2) is 5.71 Å². The highest BCUT2D eigenvalue weighted by Crippen LogP contribution is 2.33. The van der Waals surface area contributed by atoms with E-state index in [1.165, 1.54) is 11.6 Å². The summed E-state index contributed by atoms with van der Waals surface area (Å²) < 4.78 is 19.8. The third-order valence-corrected chi connectivity index (χ3v) is 4.35. The smallest absolute Gasteiger partial charge is 0.165 e. The Labute approximate surface area is 151 Å². The van der Waals surface area contributed by atoms with E-state index in [0.717, 1.165) is 16.8 Å². The monoisotopic (exact) mass is 347 g/mol. The van der Waals surface area contributed by atoms with Gasteiger partial charge in [-0.25, -0.2) is 4.39 Å². The molecule has 130 valence electrons. The van der Waals surface area contributed by atoms with Gasteiger partial charge >= 0.3 is 0 Å². The highest BCUT2D eigenvalue weighted by molar-refractivity contribution is 6.01. The van der Waals surface area contributed by atoms with Crippen LogP contribution in [0.25, 0.3) is 0 Å². The Balaban J connectivity index is 1.52. The average Bonchev–Trinajstić information content (AvgIpc) is 3.15. The van der Waals surface area contributed by atoms with Crippen molar-refractivity contribution in [1.29, 1.82) is 0 Å². The Morgan fingerprint density at radius 1 is 1.00 bits per heavy atom. The predicted molar refractivity (Wildman–Crippen MR) is 99.1 cm³/mol. The summed E-state index contributed by atoms with van der Waals surface area (Å²) in [6.07, 6.45) is 0.393. The number of para-hydroxylation sites is 1. The third-order valence-electron chi connectivity index (χ3n) is 4.35. The Kier molecular flexibility index (Phi) is 4.40. The summed E-state index contributed by atoms with van der Waals surface area (Å²) in [6.45, 7) is 2.05. The summed E-state index contributed by atoms with van der Waals surface area (Å²) in [5.74, 6) is 0.365. The summed E-state index contributed by atoms with van der Waals surface area (Å²) in [5, 5.41) is 4.21. The fourth-order valence-corrected chi connectivity index (χ4v) is 2.89. The van der Waals surface area contributed by atoms with Crippen LogP contribution in [0.4, 0.5) is 4.39 Å². The van der Waals surface area contributed by atoms with Gasteiger partial charge in [0, 0.05) is 6.42 Å². The van der Waals surface area contributed by atoms with E-state index in [1.807, 2.05) is 37.3 Å². The Morgan fingerprint density at radius 2 is 1.77 bits per heavy atom. The summed E-state index contributed by atoms with van der Waals surface area (Å²) in [6, 6.07) is 22.1. The molecule has 1 aliphatic heterocycles. The van der Waals surface area contributed by atoms with Crippen LogP contribution in [0.3, 0.4) is 0 Å². The van der Waals surface area contributed by atoms with Gasteiger partial charge in [0.1, 0.15) is 5.75 Å². The molecule has 0 aromatic heterocycles. The standard InChI is InChI=1S/C22H18FNO2/c1-15-7-9-16(10-8-15)20-14-21(26-24-20)17-11-12-19(23)22(13-17)25-18-5-3-2-4-6-18/h2-13,21H,14H2,1H3/t21-/m0/s1. The van der Waals surface area contributed by atoms with Gasteiger partial charge in [-0.3, -0.25) is 0 Å². The van der Waals surface area contributed by atoms with Crippen molar-refractivity contribution in [3.05, 3.63) is 95.3 Å². The van der Waals surface area contributed by atoms with E-state index in [0.29, 0.717) is 12.2 Å². The van der Waals surface area contributed by atoms with Crippen molar-refractivity contribution in [1.82, 2.24) is 0 Å². The number of rotatable bonds is 4. The van der Waals surface area contributed by atoms with Gasteiger partial charge in [-0.15, -0.1) is 0 Å². The number of aryl methyl sites for hydroxylation is 1. The topological polar surface area (TPSA) is 30.8 Å². The maximum Gasteiger partial charge on any atom is 0.165 e. The van der Waals surface area contributed by atoms with Gasteiger partial charge in [0.25, 0.3) is 0 Å². The van der Waals surface area contributed by atoms with Crippen LogP contribution in [0.2, 0.25) is 0 Å². The van der Waals surface area contributed by atoms with Gasteiger partial charge in [-0.05, 0) is 42.3 Å². The van der Waals surface area contributed by atoms with Crippen molar-refractivity contribution < 1.29 is 14.0 Å². The van der Waals surface area contributed by atoms with Crippen molar-refractivity contribution in [2.24, 2.45) is 5.16 Å². The first-order valence-corrected chi connectivity index (χ1v) is 8.51. The molecule has 0 N–H and O–H groups in total. The summed E-state index contributed by atoms with van der Waals surface area (Å²) in [5.41, 5.74) is 3.97. The van der Waals surface area contributed by atoms with Crippen LogP contribution in [0.1, 0.15) is 29.2 Å². The molecule has 3 aromatic rings. The molecule has 0 fully saturated rings. The molecule has 3 aromatic carbocycles.